The summed E-state index contributed by atoms with van der Waals surface area (Å²) in [7, 11) is 0. The maximum atomic E-state index is 11.5. The summed E-state index contributed by atoms with van der Waals surface area (Å²) in [6.45, 7) is 4.21. The van der Waals surface area contributed by atoms with E-state index in [2.05, 4.69) is 4.98 Å². The van der Waals surface area contributed by atoms with Crippen LogP contribution in [-0.4, -0.2) is 22.5 Å². The van der Waals surface area contributed by atoms with E-state index in [9.17, 15) is 4.79 Å². The number of carbonyl (C=O) groups is 1. The van der Waals surface area contributed by atoms with E-state index < -0.39 is 0 Å². The SMILES string of the molecule is CCN(C(C)=O)c1nc(CSc2ccc(CO)cc2)cs1. The standard InChI is InChI=1S/C15H18N2O2S2/c1-3-17(11(2)19)15-16-13(10-21-15)9-20-14-6-4-12(8-18)5-7-14/h4-7,10,18H,3,8-9H2,1-2H3. The van der Waals surface area contributed by atoms with Crippen molar-refractivity contribution in [3.05, 3.63) is 40.9 Å². The highest BCUT2D eigenvalue weighted by atomic mass is 32.2. The normalized spacial score (nSPS) is 10.6. The number of aromatic nitrogens is 1. The van der Waals surface area contributed by atoms with Gasteiger partial charge in [-0.15, -0.1) is 23.1 Å². The number of aliphatic hydroxyl groups is 1. The van der Waals surface area contributed by atoms with E-state index in [4.69, 9.17) is 5.11 Å². The molecule has 0 spiro atoms. The van der Waals surface area contributed by atoms with E-state index in [0.29, 0.717) is 6.54 Å². The molecule has 0 bridgehead atoms. The van der Waals surface area contributed by atoms with Gasteiger partial charge < -0.3 is 5.11 Å². The van der Waals surface area contributed by atoms with Gasteiger partial charge in [-0.3, -0.25) is 9.69 Å². The van der Waals surface area contributed by atoms with E-state index >= 15 is 0 Å². The Morgan fingerprint density at radius 1 is 1.38 bits per heavy atom. The zero-order valence-electron chi connectivity index (χ0n) is 12.1. The van der Waals surface area contributed by atoms with E-state index in [1.807, 2.05) is 36.6 Å². The second-order valence-electron chi connectivity index (χ2n) is 4.48. The number of nitrogens with zero attached hydrogens (tertiary/aromatic N) is 2. The van der Waals surface area contributed by atoms with Gasteiger partial charge in [0, 0.05) is 29.5 Å². The molecule has 2 aromatic rings. The Kier molecular flexibility index (Phi) is 5.78. The Labute approximate surface area is 132 Å². The van der Waals surface area contributed by atoms with Crippen molar-refractivity contribution in [2.75, 3.05) is 11.4 Å². The lowest BCUT2D eigenvalue weighted by Gasteiger charge is -2.14. The summed E-state index contributed by atoms with van der Waals surface area (Å²) in [4.78, 5) is 18.8. The van der Waals surface area contributed by atoms with Crippen LogP contribution in [0.2, 0.25) is 0 Å². The molecule has 1 heterocycles. The van der Waals surface area contributed by atoms with Crippen molar-refractivity contribution in [2.24, 2.45) is 0 Å². The Hall–Kier alpha value is -1.37. The number of anilines is 1. The second kappa shape index (κ2) is 7.59. The van der Waals surface area contributed by atoms with Crippen LogP contribution in [-0.2, 0) is 17.2 Å². The molecule has 112 valence electrons. The van der Waals surface area contributed by atoms with E-state index in [1.165, 1.54) is 11.3 Å². The van der Waals surface area contributed by atoms with Crippen molar-refractivity contribution in [1.82, 2.24) is 4.98 Å². The van der Waals surface area contributed by atoms with E-state index in [0.717, 1.165) is 27.0 Å². The summed E-state index contributed by atoms with van der Waals surface area (Å²) < 4.78 is 0. The monoisotopic (exact) mass is 322 g/mol. The minimum Gasteiger partial charge on any atom is -0.392 e. The summed E-state index contributed by atoms with van der Waals surface area (Å²) in [5, 5.41) is 11.8. The summed E-state index contributed by atoms with van der Waals surface area (Å²) in [6, 6.07) is 7.83. The third-order valence-electron chi connectivity index (χ3n) is 2.96. The second-order valence-corrected chi connectivity index (χ2v) is 6.36. The van der Waals surface area contributed by atoms with Crippen molar-refractivity contribution >= 4 is 34.1 Å². The molecule has 0 atom stereocenters. The molecule has 1 aromatic carbocycles. The highest BCUT2D eigenvalue weighted by Crippen LogP contribution is 2.27. The number of carbonyl (C=O) groups excluding carboxylic acids is 1. The van der Waals surface area contributed by atoms with Gasteiger partial charge in [-0.05, 0) is 24.6 Å². The number of hydrogen-bond donors (Lipinski definition) is 1. The topological polar surface area (TPSA) is 53.4 Å². The van der Waals surface area contributed by atoms with Crippen LogP contribution < -0.4 is 4.90 Å². The molecule has 0 aliphatic heterocycles. The predicted octanol–water partition coefficient (Wildman–Crippen LogP) is 3.30. The third kappa shape index (κ3) is 4.30. The number of hydrogen-bond acceptors (Lipinski definition) is 5. The van der Waals surface area contributed by atoms with Crippen molar-refractivity contribution < 1.29 is 9.90 Å². The van der Waals surface area contributed by atoms with Gasteiger partial charge in [0.15, 0.2) is 5.13 Å². The van der Waals surface area contributed by atoms with Gasteiger partial charge in [-0.25, -0.2) is 4.98 Å². The fraction of sp³-hybridized carbons (Fsp3) is 0.333. The van der Waals surface area contributed by atoms with Crippen molar-refractivity contribution in [2.45, 2.75) is 31.1 Å². The van der Waals surface area contributed by atoms with Gasteiger partial charge in [0.05, 0.1) is 12.3 Å². The van der Waals surface area contributed by atoms with Crippen LogP contribution in [0.1, 0.15) is 25.1 Å². The predicted molar refractivity (Wildman–Crippen MR) is 87.7 cm³/mol. The first-order chi connectivity index (χ1) is 10.1. The number of aliphatic hydroxyl groups excluding tert-OH is 1. The van der Waals surface area contributed by atoms with Gasteiger partial charge >= 0.3 is 0 Å². The number of rotatable bonds is 6. The summed E-state index contributed by atoms with van der Waals surface area (Å²) in [5.74, 6) is 0.787. The molecule has 0 aliphatic carbocycles. The highest BCUT2D eigenvalue weighted by Gasteiger charge is 2.13. The number of thioether (sulfide) groups is 1. The average molecular weight is 322 g/mol. The maximum Gasteiger partial charge on any atom is 0.225 e. The Morgan fingerprint density at radius 3 is 2.67 bits per heavy atom. The van der Waals surface area contributed by atoms with Crippen LogP contribution in [0.15, 0.2) is 34.5 Å². The summed E-state index contributed by atoms with van der Waals surface area (Å²) in [5.41, 5.74) is 1.89. The fourth-order valence-electron chi connectivity index (χ4n) is 1.83. The highest BCUT2D eigenvalue weighted by molar-refractivity contribution is 7.98. The molecule has 0 radical (unpaired) electrons. The minimum atomic E-state index is 0.0191. The fourth-order valence-corrected chi connectivity index (χ4v) is 3.66. The molecule has 0 saturated heterocycles. The summed E-state index contributed by atoms with van der Waals surface area (Å²) in [6.07, 6.45) is 0. The molecule has 1 N–H and O–H groups in total. The zero-order valence-corrected chi connectivity index (χ0v) is 13.7. The zero-order chi connectivity index (χ0) is 15.2. The van der Waals surface area contributed by atoms with Crippen LogP contribution in [0, 0.1) is 0 Å². The Balaban J connectivity index is 1.97. The third-order valence-corrected chi connectivity index (χ3v) is 4.92. The molecule has 2 rings (SSSR count). The molecule has 1 aromatic heterocycles. The van der Waals surface area contributed by atoms with Gasteiger partial charge in [0.2, 0.25) is 5.91 Å². The molecular weight excluding hydrogens is 304 g/mol. The van der Waals surface area contributed by atoms with Crippen LogP contribution in [0.4, 0.5) is 5.13 Å². The largest absolute Gasteiger partial charge is 0.392 e. The molecule has 0 saturated carbocycles. The van der Waals surface area contributed by atoms with Gasteiger partial charge in [-0.1, -0.05) is 12.1 Å². The lowest BCUT2D eigenvalue weighted by atomic mass is 10.2. The number of thiazole rings is 1. The lowest BCUT2D eigenvalue weighted by molar-refractivity contribution is -0.116. The van der Waals surface area contributed by atoms with Crippen LogP contribution in [0.25, 0.3) is 0 Å². The van der Waals surface area contributed by atoms with Crippen LogP contribution in [0.3, 0.4) is 0 Å². The molecule has 21 heavy (non-hydrogen) atoms. The summed E-state index contributed by atoms with van der Waals surface area (Å²) >= 11 is 3.19. The first-order valence-electron chi connectivity index (χ1n) is 6.69. The van der Waals surface area contributed by atoms with Crippen molar-refractivity contribution in [3.63, 3.8) is 0 Å². The quantitative estimate of drug-likeness (QED) is 0.829. The van der Waals surface area contributed by atoms with Crippen molar-refractivity contribution in [3.8, 4) is 0 Å². The Bertz CT molecular complexity index is 596. The molecule has 4 nitrogen and oxygen atoms in total. The van der Waals surface area contributed by atoms with E-state index in [-0.39, 0.29) is 12.5 Å². The molecule has 1 amide bonds. The Morgan fingerprint density at radius 2 is 2.10 bits per heavy atom. The molecule has 0 aliphatic rings. The van der Waals surface area contributed by atoms with Gasteiger partial charge in [0.25, 0.3) is 0 Å². The van der Waals surface area contributed by atoms with E-state index in [1.54, 1.807) is 23.6 Å². The molecule has 0 fully saturated rings. The minimum absolute atomic E-state index is 0.0191. The van der Waals surface area contributed by atoms with Crippen LogP contribution >= 0.6 is 23.1 Å². The van der Waals surface area contributed by atoms with Gasteiger partial charge in [-0.2, -0.15) is 0 Å². The molecule has 0 unspecified atom stereocenters. The first-order valence-corrected chi connectivity index (χ1v) is 8.55. The molecule has 6 heteroatoms. The lowest BCUT2D eigenvalue weighted by Crippen LogP contribution is -2.27. The van der Waals surface area contributed by atoms with Gasteiger partial charge in [0.1, 0.15) is 0 Å². The average Bonchev–Trinajstić information content (AvgIpc) is 2.94. The number of benzene rings is 1. The number of amides is 1. The van der Waals surface area contributed by atoms with Crippen molar-refractivity contribution in [1.29, 1.82) is 0 Å². The smallest absolute Gasteiger partial charge is 0.225 e. The first kappa shape index (κ1) is 16.0. The maximum absolute atomic E-state index is 11.5. The molecular formula is C15H18N2O2S2. The van der Waals surface area contributed by atoms with Crippen LogP contribution in [0.5, 0.6) is 0 Å².